The Morgan fingerprint density at radius 1 is 0.459 bits per heavy atom. The van der Waals surface area contributed by atoms with Crippen LogP contribution in [-0.2, 0) is 20.3 Å². The highest BCUT2D eigenvalue weighted by molar-refractivity contribution is 6.25. The number of benzene rings is 8. The first-order valence-corrected chi connectivity index (χ1v) is 20.2. The molecule has 61 heavy (non-hydrogen) atoms. The van der Waals surface area contributed by atoms with E-state index >= 15 is 13.2 Å². The topological polar surface area (TPSA) is 43.5 Å². The fourth-order valence-corrected chi connectivity index (χ4v) is 10.4. The molecule has 0 N–H and O–H groups in total. The quantitative estimate of drug-likeness (QED) is 0.176. The molecule has 4 heterocycles. The van der Waals surface area contributed by atoms with Crippen molar-refractivity contribution in [3.8, 4) is 28.6 Å². The minimum Gasteiger partial charge on any atom is -0.342 e. The van der Waals surface area contributed by atoms with Crippen LogP contribution in [0.5, 0.6) is 0 Å². The van der Waals surface area contributed by atoms with Gasteiger partial charge < -0.3 is 18.3 Å². The third-order valence-electron chi connectivity index (χ3n) is 13.0. The summed E-state index contributed by atoms with van der Waals surface area (Å²) < 4.78 is 54.2. The van der Waals surface area contributed by atoms with Gasteiger partial charge in [0.1, 0.15) is 11.6 Å². The van der Waals surface area contributed by atoms with Crippen LogP contribution < -0.4 is 0 Å². The van der Waals surface area contributed by atoms with Crippen molar-refractivity contribution in [3.63, 3.8) is 0 Å². The summed E-state index contributed by atoms with van der Waals surface area (Å²) in [6.07, 6.45) is -4.64. The van der Waals surface area contributed by atoms with Crippen molar-refractivity contribution >= 4 is 87.2 Å². The molecule has 8 heteroatoms. The van der Waals surface area contributed by atoms with Crippen LogP contribution in [0.25, 0.3) is 110 Å². The molecule has 0 fully saturated rings. The van der Waals surface area contributed by atoms with Crippen LogP contribution in [0.3, 0.4) is 0 Å². The van der Waals surface area contributed by atoms with Gasteiger partial charge in [-0.1, -0.05) is 109 Å². The van der Waals surface area contributed by atoms with E-state index in [0.717, 1.165) is 93.3 Å². The Hall–Kier alpha value is -7.76. The maximum absolute atomic E-state index is 15.2. The van der Waals surface area contributed by atoms with Crippen molar-refractivity contribution in [3.05, 3.63) is 168 Å². The number of nitrogens with zero attached hydrogens (tertiary/aromatic N) is 5. The minimum atomic E-state index is -4.64. The number of aryl methyl sites for hydroxylation is 3. The number of nitriles is 1. The largest absolute Gasteiger partial charge is 0.417 e. The summed E-state index contributed by atoms with van der Waals surface area (Å²) in [6.45, 7) is 1.72. The Labute approximate surface area is 346 Å². The number of fused-ring (bicyclic) bond motifs is 14. The smallest absolute Gasteiger partial charge is 0.342 e. The molecule has 0 aliphatic heterocycles. The molecule has 8 aromatic carbocycles. The molecular formula is C53H34F3N5. The van der Waals surface area contributed by atoms with Gasteiger partial charge in [-0.05, 0) is 66.1 Å². The SMILES string of the molecule is Cc1cccc(C(F)(F)F)c1-c1cc(-n2c3ccccc3c3ccc4c5ccccc5n(C)c4c32)c(C#N)c(-n2c3ccccc3c3ccc4c5ccccc5n(C)c4c32)c1. The molecule has 12 aromatic rings. The van der Waals surface area contributed by atoms with Gasteiger partial charge in [0, 0.05) is 68.2 Å². The molecule has 4 aromatic heterocycles. The van der Waals surface area contributed by atoms with Gasteiger partial charge in [0.15, 0.2) is 0 Å². The standard InChI is InChI=1S/C53H34F3N5/c1-30-13-12-18-41(53(54,55)56)48(30)31-27-46(60-44-21-10-6-16-34(44)38-25-23-36-32-14-4-8-19-42(32)58(2)49(36)51(38)60)40(29-57)47(28-31)61-45-22-11-7-17-35(45)39-26-24-37-33-15-5-9-20-43(33)59(3)50(37)52(39)61/h4-28H,1-3H3. The van der Waals surface area contributed by atoms with Crippen LogP contribution in [0.4, 0.5) is 13.2 Å². The lowest BCUT2D eigenvalue weighted by Crippen LogP contribution is -2.10. The number of aromatic nitrogens is 4. The summed E-state index contributed by atoms with van der Waals surface area (Å²) in [6, 6.07) is 51.8. The number of alkyl halides is 3. The van der Waals surface area contributed by atoms with E-state index in [1.54, 1.807) is 25.1 Å². The maximum atomic E-state index is 15.2. The molecule has 0 spiro atoms. The van der Waals surface area contributed by atoms with E-state index in [0.29, 0.717) is 28.1 Å². The molecule has 0 atom stereocenters. The molecule has 0 saturated heterocycles. The van der Waals surface area contributed by atoms with E-state index in [4.69, 9.17) is 0 Å². The van der Waals surface area contributed by atoms with E-state index < -0.39 is 11.7 Å². The Morgan fingerprint density at radius 3 is 1.28 bits per heavy atom. The van der Waals surface area contributed by atoms with Crippen molar-refractivity contribution in [2.45, 2.75) is 13.1 Å². The second-order valence-electron chi connectivity index (χ2n) is 16.1. The molecule has 0 unspecified atom stereocenters. The fraction of sp³-hybridized carbons (Fsp3) is 0.0755. The Morgan fingerprint density at radius 2 is 0.852 bits per heavy atom. The van der Waals surface area contributed by atoms with Crippen molar-refractivity contribution in [2.24, 2.45) is 14.1 Å². The third-order valence-corrected chi connectivity index (χ3v) is 13.0. The zero-order chi connectivity index (χ0) is 41.5. The first-order valence-electron chi connectivity index (χ1n) is 20.2. The lowest BCUT2D eigenvalue weighted by atomic mass is 9.92. The summed E-state index contributed by atoms with van der Waals surface area (Å²) in [5.41, 5.74) is 8.96. The number of para-hydroxylation sites is 4. The predicted octanol–water partition coefficient (Wildman–Crippen LogP) is 14.0. The van der Waals surface area contributed by atoms with Gasteiger partial charge in [0.25, 0.3) is 0 Å². The molecule has 0 radical (unpaired) electrons. The lowest BCUT2D eigenvalue weighted by Gasteiger charge is -2.21. The molecule has 0 saturated carbocycles. The Kier molecular flexibility index (Phi) is 7.15. The highest BCUT2D eigenvalue weighted by atomic mass is 19.4. The zero-order valence-electron chi connectivity index (χ0n) is 33.3. The van der Waals surface area contributed by atoms with E-state index in [9.17, 15) is 5.26 Å². The predicted molar refractivity (Wildman–Crippen MR) is 243 cm³/mol. The van der Waals surface area contributed by atoms with Crippen LogP contribution in [0.2, 0.25) is 0 Å². The van der Waals surface area contributed by atoms with Gasteiger partial charge in [-0.15, -0.1) is 0 Å². The van der Waals surface area contributed by atoms with Crippen molar-refractivity contribution in [2.75, 3.05) is 0 Å². The second kappa shape index (κ2) is 12.4. The Bertz CT molecular complexity index is 3700. The normalized spacial score (nSPS) is 12.4. The average Bonchev–Trinajstić information content (AvgIpc) is 3.98. The van der Waals surface area contributed by atoms with Gasteiger partial charge in [0.2, 0.25) is 0 Å². The third kappa shape index (κ3) is 4.66. The summed E-state index contributed by atoms with van der Waals surface area (Å²) in [5.74, 6) is 0. The number of hydrogen-bond acceptors (Lipinski definition) is 1. The van der Waals surface area contributed by atoms with Crippen molar-refractivity contribution in [1.29, 1.82) is 5.26 Å². The molecule has 292 valence electrons. The second-order valence-corrected chi connectivity index (χ2v) is 16.1. The Balaban J connectivity index is 1.33. The molecule has 0 aliphatic rings. The maximum Gasteiger partial charge on any atom is 0.417 e. The highest BCUT2D eigenvalue weighted by Gasteiger charge is 2.35. The van der Waals surface area contributed by atoms with E-state index in [2.05, 4.69) is 99.1 Å². The van der Waals surface area contributed by atoms with Crippen molar-refractivity contribution in [1.82, 2.24) is 18.3 Å². The summed E-state index contributed by atoms with van der Waals surface area (Å²) in [7, 11) is 4.10. The van der Waals surface area contributed by atoms with Gasteiger partial charge in [-0.2, -0.15) is 18.4 Å². The van der Waals surface area contributed by atoms with Crippen LogP contribution in [0, 0.1) is 18.3 Å². The van der Waals surface area contributed by atoms with E-state index in [1.807, 2.05) is 60.7 Å². The van der Waals surface area contributed by atoms with Crippen LogP contribution in [0.1, 0.15) is 16.7 Å². The summed E-state index contributed by atoms with van der Waals surface area (Å²) in [4.78, 5) is 0. The fourth-order valence-electron chi connectivity index (χ4n) is 10.4. The van der Waals surface area contributed by atoms with Crippen molar-refractivity contribution < 1.29 is 13.2 Å². The number of halogens is 3. The zero-order valence-corrected chi connectivity index (χ0v) is 33.3. The average molecular weight is 798 g/mol. The molecule has 12 rings (SSSR count). The highest BCUT2D eigenvalue weighted by Crippen LogP contribution is 2.47. The van der Waals surface area contributed by atoms with Gasteiger partial charge in [0.05, 0.1) is 50.0 Å². The lowest BCUT2D eigenvalue weighted by molar-refractivity contribution is -0.137. The van der Waals surface area contributed by atoms with Gasteiger partial charge >= 0.3 is 6.18 Å². The number of hydrogen-bond donors (Lipinski definition) is 0. The summed E-state index contributed by atoms with van der Waals surface area (Å²) in [5, 5.41) is 19.9. The first-order chi connectivity index (χ1) is 29.7. The molecule has 0 aliphatic carbocycles. The van der Waals surface area contributed by atoms with Gasteiger partial charge in [-0.3, -0.25) is 0 Å². The van der Waals surface area contributed by atoms with Gasteiger partial charge in [-0.25, -0.2) is 0 Å². The first kappa shape index (κ1) is 35.2. The van der Waals surface area contributed by atoms with E-state index in [1.165, 1.54) is 6.07 Å². The minimum absolute atomic E-state index is 0.0769. The molecule has 0 amide bonds. The molecule has 0 bridgehead atoms. The van der Waals surface area contributed by atoms with Crippen LogP contribution in [0.15, 0.2) is 152 Å². The van der Waals surface area contributed by atoms with Crippen LogP contribution in [-0.4, -0.2) is 18.3 Å². The van der Waals surface area contributed by atoms with E-state index in [-0.39, 0.29) is 5.56 Å². The van der Waals surface area contributed by atoms with Crippen LogP contribution >= 0.6 is 0 Å². The summed E-state index contributed by atoms with van der Waals surface area (Å²) >= 11 is 0. The number of rotatable bonds is 3. The molecule has 5 nitrogen and oxygen atoms in total. The monoisotopic (exact) mass is 797 g/mol. The molecular weight excluding hydrogens is 764 g/mol.